The van der Waals surface area contributed by atoms with Crippen LogP contribution >= 0.6 is 0 Å². The average Bonchev–Trinajstić information content (AvgIpc) is 3.40. The number of benzene rings is 2. The molecule has 0 aromatic heterocycles. The fourth-order valence-corrected chi connectivity index (χ4v) is 4.88. The fraction of sp³-hybridized carbons (Fsp3) is 0.381. The molecule has 1 amide bonds. The van der Waals surface area contributed by atoms with E-state index in [9.17, 15) is 13.2 Å². The normalized spacial score (nSPS) is 19.1. The van der Waals surface area contributed by atoms with Crippen LogP contribution in [-0.4, -0.2) is 20.4 Å². The second-order valence-electron chi connectivity index (χ2n) is 7.68. The molecule has 0 spiro atoms. The number of hydrogen-bond acceptors (Lipinski definition) is 3. The monoisotopic (exact) mass is 384 g/mol. The van der Waals surface area contributed by atoms with E-state index in [0.29, 0.717) is 12.1 Å². The Morgan fingerprint density at radius 3 is 2.59 bits per heavy atom. The first-order chi connectivity index (χ1) is 12.8. The lowest BCUT2D eigenvalue weighted by Gasteiger charge is -2.22. The first-order valence-electron chi connectivity index (χ1n) is 9.33. The third kappa shape index (κ3) is 3.23. The van der Waals surface area contributed by atoms with Gasteiger partial charge in [0.05, 0.1) is 10.6 Å². The van der Waals surface area contributed by atoms with Gasteiger partial charge < -0.3 is 4.90 Å². The zero-order chi connectivity index (χ0) is 19.3. The van der Waals surface area contributed by atoms with Crippen molar-refractivity contribution in [2.24, 2.45) is 5.92 Å². The molecule has 0 bridgehead atoms. The maximum absolute atomic E-state index is 12.9. The van der Waals surface area contributed by atoms with Crippen LogP contribution in [0.1, 0.15) is 36.5 Å². The molecule has 0 radical (unpaired) electrons. The van der Waals surface area contributed by atoms with Gasteiger partial charge >= 0.3 is 0 Å². The number of carbonyl (C=O) groups is 1. The minimum atomic E-state index is -3.69. The molecule has 6 heteroatoms. The second kappa shape index (κ2) is 6.37. The van der Waals surface area contributed by atoms with E-state index in [1.165, 1.54) is 0 Å². The van der Waals surface area contributed by atoms with Crippen LogP contribution in [-0.2, 0) is 21.2 Å². The molecule has 2 aliphatic rings. The predicted molar refractivity (Wildman–Crippen MR) is 107 cm³/mol. The third-order valence-electron chi connectivity index (χ3n) is 5.59. The summed E-state index contributed by atoms with van der Waals surface area (Å²) in [6.45, 7) is 5.87. The van der Waals surface area contributed by atoms with E-state index < -0.39 is 10.0 Å². The zero-order valence-corrected chi connectivity index (χ0v) is 16.6. The van der Waals surface area contributed by atoms with Crippen molar-refractivity contribution in [3.8, 4) is 0 Å². The Kier molecular flexibility index (Phi) is 4.26. The van der Waals surface area contributed by atoms with Gasteiger partial charge in [-0.2, -0.15) is 0 Å². The largest absolute Gasteiger partial charge is 0.309 e. The number of amides is 1. The van der Waals surface area contributed by atoms with E-state index in [0.717, 1.165) is 35.2 Å². The van der Waals surface area contributed by atoms with Crippen LogP contribution in [0, 0.1) is 19.8 Å². The number of hydrogen-bond donors (Lipinski definition) is 1. The molecule has 1 heterocycles. The van der Waals surface area contributed by atoms with E-state index in [1.54, 1.807) is 24.3 Å². The molecular formula is C21H24N2O3S. The molecule has 1 N–H and O–H groups in total. The van der Waals surface area contributed by atoms with Gasteiger partial charge in [-0.15, -0.1) is 0 Å². The maximum atomic E-state index is 12.9. The molecule has 1 aliphatic heterocycles. The van der Waals surface area contributed by atoms with Crippen molar-refractivity contribution < 1.29 is 13.2 Å². The van der Waals surface area contributed by atoms with E-state index >= 15 is 0 Å². The molecule has 0 unspecified atom stereocenters. The number of nitrogens with one attached hydrogen (secondary N) is 1. The van der Waals surface area contributed by atoms with Crippen molar-refractivity contribution in [2.75, 3.05) is 9.62 Å². The van der Waals surface area contributed by atoms with Crippen LogP contribution < -0.4 is 9.62 Å². The van der Waals surface area contributed by atoms with Gasteiger partial charge in [-0.05, 0) is 81.0 Å². The van der Waals surface area contributed by atoms with Crippen molar-refractivity contribution in [1.82, 2.24) is 0 Å². The second-order valence-corrected chi connectivity index (χ2v) is 9.36. The molecule has 2 aromatic carbocycles. The molecule has 1 fully saturated rings. The molecule has 1 aliphatic carbocycles. The number of carbonyl (C=O) groups excluding carboxylic acids is 1. The molecule has 1 saturated carbocycles. The van der Waals surface area contributed by atoms with Crippen molar-refractivity contribution in [1.29, 1.82) is 0 Å². The smallest absolute Gasteiger partial charge is 0.261 e. The first-order valence-corrected chi connectivity index (χ1v) is 10.8. The van der Waals surface area contributed by atoms with Crippen LogP contribution in [0.3, 0.4) is 0 Å². The standard InChI is InChI=1S/C21H24N2O3S/c1-13-5-4-6-19(15(13)3)22-27(25,26)18-9-10-20-17(12-18)11-14(2)23(20)21(24)16-7-8-16/h4-6,9-10,12,14,16,22H,7-8,11H2,1-3H3/t14-/m0/s1. The van der Waals surface area contributed by atoms with Crippen molar-refractivity contribution in [3.63, 3.8) is 0 Å². The number of fused-ring (bicyclic) bond motifs is 1. The molecule has 0 saturated heterocycles. The summed E-state index contributed by atoms with van der Waals surface area (Å²) in [5.41, 5.74) is 4.31. The number of rotatable bonds is 4. The Morgan fingerprint density at radius 1 is 1.15 bits per heavy atom. The Hall–Kier alpha value is -2.34. The Morgan fingerprint density at radius 2 is 1.89 bits per heavy atom. The maximum Gasteiger partial charge on any atom is 0.261 e. The van der Waals surface area contributed by atoms with Gasteiger partial charge in [0.25, 0.3) is 10.0 Å². The Balaban J connectivity index is 1.64. The molecule has 1 atom stereocenters. The van der Waals surface area contributed by atoms with Crippen molar-refractivity contribution in [3.05, 3.63) is 53.1 Å². The van der Waals surface area contributed by atoms with Crippen LogP contribution in [0.4, 0.5) is 11.4 Å². The van der Waals surface area contributed by atoms with Gasteiger partial charge in [0.15, 0.2) is 0 Å². The third-order valence-corrected chi connectivity index (χ3v) is 6.95. The van der Waals surface area contributed by atoms with Gasteiger partial charge in [0.2, 0.25) is 5.91 Å². The van der Waals surface area contributed by atoms with Crippen LogP contribution in [0.15, 0.2) is 41.3 Å². The summed E-state index contributed by atoms with van der Waals surface area (Å²) in [5, 5.41) is 0. The highest BCUT2D eigenvalue weighted by atomic mass is 32.2. The lowest BCUT2D eigenvalue weighted by atomic mass is 10.1. The van der Waals surface area contributed by atoms with Gasteiger partial charge in [-0.3, -0.25) is 9.52 Å². The molecule has 4 rings (SSSR count). The molecule has 27 heavy (non-hydrogen) atoms. The Bertz CT molecular complexity index is 1030. The fourth-order valence-electron chi connectivity index (χ4n) is 3.70. The summed E-state index contributed by atoms with van der Waals surface area (Å²) in [7, 11) is -3.69. The minimum absolute atomic E-state index is 0.0676. The summed E-state index contributed by atoms with van der Waals surface area (Å²) < 4.78 is 28.5. The highest BCUT2D eigenvalue weighted by Crippen LogP contribution is 2.39. The lowest BCUT2D eigenvalue weighted by Crippen LogP contribution is -2.36. The van der Waals surface area contributed by atoms with Gasteiger partial charge in [0.1, 0.15) is 0 Å². The van der Waals surface area contributed by atoms with E-state index in [-0.39, 0.29) is 22.8 Å². The highest BCUT2D eigenvalue weighted by Gasteiger charge is 2.39. The minimum Gasteiger partial charge on any atom is -0.309 e. The average molecular weight is 385 g/mol. The SMILES string of the molecule is Cc1cccc(NS(=O)(=O)c2ccc3c(c2)C[C@H](C)N3C(=O)C2CC2)c1C. The van der Waals surface area contributed by atoms with E-state index in [4.69, 9.17) is 0 Å². The van der Waals surface area contributed by atoms with Crippen molar-refractivity contribution in [2.45, 2.75) is 51.0 Å². The molecule has 2 aromatic rings. The number of nitrogens with zero attached hydrogens (tertiary/aromatic N) is 1. The summed E-state index contributed by atoms with van der Waals surface area (Å²) in [5.74, 6) is 0.318. The predicted octanol–water partition coefficient (Wildman–Crippen LogP) is 3.79. The number of aryl methyl sites for hydroxylation is 1. The van der Waals surface area contributed by atoms with Crippen LogP contribution in [0.5, 0.6) is 0 Å². The number of sulfonamides is 1. The van der Waals surface area contributed by atoms with Gasteiger partial charge in [-0.1, -0.05) is 12.1 Å². The topological polar surface area (TPSA) is 66.5 Å². The van der Waals surface area contributed by atoms with Gasteiger partial charge in [0, 0.05) is 17.6 Å². The van der Waals surface area contributed by atoms with E-state index in [2.05, 4.69) is 4.72 Å². The quantitative estimate of drug-likeness (QED) is 0.872. The lowest BCUT2D eigenvalue weighted by molar-refractivity contribution is -0.120. The molecule has 142 valence electrons. The van der Waals surface area contributed by atoms with Gasteiger partial charge in [-0.25, -0.2) is 8.42 Å². The summed E-state index contributed by atoms with van der Waals surface area (Å²) >= 11 is 0. The summed E-state index contributed by atoms with van der Waals surface area (Å²) in [6.07, 6.45) is 2.61. The molecule has 5 nitrogen and oxygen atoms in total. The van der Waals surface area contributed by atoms with Crippen LogP contribution in [0.2, 0.25) is 0 Å². The Labute approximate surface area is 160 Å². The highest BCUT2D eigenvalue weighted by molar-refractivity contribution is 7.92. The summed E-state index contributed by atoms with van der Waals surface area (Å²) in [6, 6.07) is 10.7. The van der Waals surface area contributed by atoms with E-state index in [1.807, 2.05) is 37.8 Å². The van der Waals surface area contributed by atoms with Crippen LogP contribution in [0.25, 0.3) is 0 Å². The number of anilines is 2. The molecular weight excluding hydrogens is 360 g/mol. The van der Waals surface area contributed by atoms with Crippen molar-refractivity contribution >= 4 is 27.3 Å². The summed E-state index contributed by atoms with van der Waals surface area (Å²) in [4.78, 5) is 14.6. The zero-order valence-electron chi connectivity index (χ0n) is 15.8. The first kappa shape index (κ1) is 18.0.